The number of nitrogens with one attached hydrogen (secondary N) is 1. The third-order valence-electron chi connectivity index (χ3n) is 4.67. The van der Waals surface area contributed by atoms with Crippen LogP contribution in [-0.4, -0.2) is 51.2 Å². The van der Waals surface area contributed by atoms with Gasteiger partial charge in [0, 0.05) is 31.3 Å². The molecule has 0 aromatic heterocycles. The van der Waals surface area contributed by atoms with Gasteiger partial charge in [-0.1, -0.05) is 29.8 Å². The van der Waals surface area contributed by atoms with Crippen molar-refractivity contribution in [3.63, 3.8) is 0 Å². The number of ether oxygens (including phenoxy) is 1. The fourth-order valence-electron chi connectivity index (χ4n) is 2.98. The standard InChI is InChI=1S/C17H26ClN3O2.2ClH/c1-21(2)15(13-5-3-4-6-14(13)18)11-20-16(22)17(12-19)7-9-23-10-8-17;;/h3-6,15H,7-12,19H2,1-2H3,(H,20,22);2*1H. The van der Waals surface area contributed by atoms with E-state index in [0.717, 1.165) is 5.56 Å². The summed E-state index contributed by atoms with van der Waals surface area (Å²) >= 11 is 6.31. The van der Waals surface area contributed by atoms with Gasteiger partial charge in [0.05, 0.1) is 11.5 Å². The van der Waals surface area contributed by atoms with Crippen molar-refractivity contribution in [2.45, 2.75) is 18.9 Å². The average Bonchev–Trinajstić information content (AvgIpc) is 2.56. The van der Waals surface area contributed by atoms with Crippen LogP contribution in [0.25, 0.3) is 0 Å². The molecule has 1 unspecified atom stereocenters. The average molecular weight is 413 g/mol. The summed E-state index contributed by atoms with van der Waals surface area (Å²) in [5.41, 5.74) is 6.40. The summed E-state index contributed by atoms with van der Waals surface area (Å²) in [5.74, 6) is 0.0159. The maximum absolute atomic E-state index is 12.7. The minimum atomic E-state index is -0.504. The molecule has 1 fully saturated rings. The Kier molecular flexibility index (Phi) is 11.0. The molecule has 0 aliphatic carbocycles. The first kappa shape index (κ1) is 24.4. The van der Waals surface area contributed by atoms with Gasteiger partial charge in [0.1, 0.15) is 0 Å². The summed E-state index contributed by atoms with van der Waals surface area (Å²) in [6, 6.07) is 7.74. The van der Waals surface area contributed by atoms with Crippen molar-refractivity contribution in [1.82, 2.24) is 10.2 Å². The van der Waals surface area contributed by atoms with Gasteiger partial charge in [-0.15, -0.1) is 24.8 Å². The molecule has 0 radical (unpaired) electrons. The Morgan fingerprint density at radius 1 is 1.32 bits per heavy atom. The molecule has 1 saturated heterocycles. The van der Waals surface area contributed by atoms with Crippen molar-refractivity contribution < 1.29 is 9.53 Å². The van der Waals surface area contributed by atoms with E-state index in [2.05, 4.69) is 10.2 Å². The summed E-state index contributed by atoms with van der Waals surface area (Å²) < 4.78 is 5.36. The van der Waals surface area contributed by atoms with Crippen LogP contribution in [0.4, 0.5) is 0 Å². The lowest BCUT2D eigenvalue weighted by Gasteiger charge is -2.35. The molecule has 3 N–H and O–H groups in total. The molecule has 2 rings (SSSR count). The topological polar surface area (TPSA) is 67.6 Å². The van der Waals surface area contributed by atoms with E-state index < -0.39 is 5.41 Å². The highest BCUT2D eigenvalue weighted by molar-refractivity contribution is 6.31. The van der Waals surface area contributed by atoms with Crippen LogP contribution in [-0.2, 0) is 9.53 Å². The molecule has 1 aliphatic heterocycles. The van der Waals surface area contributed by atoms with Crippen LogP contribution in [0, 0.1) is 5.41 Å². The maximum atomic E-state index is 12.7. The van der Waals surface area contributed by atoms with E-state index in [0.29, 0.717) is 44.2 Å². The summed E-state index contributed by atoms with van der Waals surface area (Å²) in [6.07, 6.45) is 1.35. The lowest BCUT2D eigenvalue weighted by molar-refractivity contribution is -0.136. The number of carbonyl (C=O) groups is 1. The SMILES string of the molecule is CN(C)C(CNC(=O)C1(CN)CCOCC1)c1ccccc1Cl.Cl.Cl. The van der Waals surface area contributed by atoms with Gasteiger partial charge in [-0.25, -0.2) is 0 Å². The van der Waals surface area contributed by atoms with Gasteiger partial charge in [0.15, 0.2) is 0 Å². The van der Waals surface area contributed by atoms with Crippen LogP contribution < -0.4 is 11.1 Å². The molecule has 5 nitrogen and oxygen atoms in total. The maximum Gasteiger partial charge on any atom is 0.227 e. The second kappa shape index (κ2) is 11.2. The van der Waals surface area contributed by atoms with Crippen LogP contribution in [0.3, 0.4) is 0 Å². The summed E-state index contributed by atoms with van der Waals surface area (Å²) in [4.78, 5) is 14.8. The summed E-state index contributed by atoms with van der Waals surface area (Å²) in [6.45, 7) is 2.03. The first-order chi connectivity index (χ1) is 11.0. The number of amides is 1. The number of nitrogens with zero attached hydrogens (tertiary/aromatic N) is 1. The Morgan fingerprint density at radius 2 is 1.92 bits per heavy atom. The van der Waals surface area contributed by atoms with Crippen LogP contribution in [0.2, 0.25) is 5.02 Å². The van der Waals surface area contributed by atoms with E-state index >= 15 is 0 Å². The van der Waals surface area contributed by atoms with Gasteiger partial charge in [-0.05, 0) is 38.6 Å². The Morgan fingerprint density at radius 3 is 2.44 bits per heavy atom. The second-order valence-corrected chi connectivity index (χ2v) is 6.71. The second-order valence-electron chi connectivity index (χ2n) is 6.31. The summed E-state index contributed by atoms with van der Waals surface area (Å²) in [7, 11) is 3.96. The number of rotatable bonds is 6. The number of hydrogen-bond acceptors (Lipinski definition) is 4. The Hall–Kier alpha value is -0.560. The molecule has 1 amide bonds. The number of nitrogens with two attached hydrogens (primary N) is 1. The molecular weight excluding hydrogens is 385 g/mol. The molecule has 1 aliphatic rings. The van der Waals surface area contributed by atoms with Gasteiger partial charge >= 0.3 is 0 Å². The van der Waals surface area contributed by atoms with Crippen LogP contribution in [0.5, 0.6) is 0 Å². The monoisotopic (exact) mass is 411 g/mol. The third-order valence-corrected chi connectivity index (χ3v) is 5.01. The molecule has 1 heterocycles. The van der Waals surface area contributed by atoms with Gasteiger partial charge in [-0.2, -0.15) is 0 Å². The van der Waals surface area contributed by atoms with E-state index in [9.17, 15) is 4.79 Å². The molecule has 1 aromatic rings. The van der Waals surface area contributed by atoms with Crippen LogP contribution in [0.15, 0.2) is 24.3 Å². The zero-order chi connectivity index (χ0) is 16.9. The highest BCUT2D eigenvalue weighted by atomic mass is 35.5. The molecular formula is C17H28Cl3N3O2. The van der Waals surface area contributed by atoms with Gasteiger partial charge in [0.2, 0.25) is 5.91 Å². The van der Waals surface area contributed by atoms with Gasteiger partial charge < -0.3 is 20.7 Å². The molecule has 8 heteroatoms. The molecule has 0 saturated carbocycles. The molecule has 0 bridgehead atoms. The molecule has 25 heavy (non-hydrogen) atoms. The zero-order valence-electron chi connectivity index (χ0n) is 14.7. The van der Waals surface area contributed by atoms with Crippen molar-refractivity contribution >= 4 is 42.3 Å². The van der Waals surface area contributed by atoms with Crippen LogP contribution in [0.1, 0.15) is 24.4 Å². The highest BCUT2D eigenvalue weighted by Gasteiger charge is 2.38. The largest absolute Gasteiger partial charge is 0.381 e. The minimum absolute atomic E-state index is 0. The Balaban J connectivity index is 0.00000288. The van der Waals surface area contributed by atoms with Crippen molar-refractivity contribution in [2.24, 2.45) is 11.1 Å². The summed E-state index contributed by atoms with van der Waals surface area (Å²) in [5, 5.41) is 3.78. The number of likely N-dealkylation sites (N-methyl/N-ethyl adjacent to an activating group) is 1. The Bertz CT molecular complexity index is 538. The van der Waals surface area contributed by atoms with Crippen molar-refractivity contribution in [2.75, 3.05) is 40.4 Å². The molecule has 144 valence electrons. The lowest BCUT2D eigenvalue weighted by atomic mass is 9.79. The quantitative estimate of drug-likeness (QED) is 0.754. The van der Waals surface area contributed by atoms with E-state index in [1.165, 1.54) is 0 Å². The number of carbonyl (C=O) groups excluding carboxylic acids is 1. The van der Waals surface area contributed by atoms with Crippen molar-refractivity contribution in [1.29, 1.82) is 0 Å². The minimum Gasteiger partial charge on any atom is -0.381 e. The smallest absolute Gasteiger partial charge is 0.227 e. The number of halogens is 3. The zero-order valence-corrected chi connectivity index (χ0v) is 17.1. The fourth-order valence-corrected chi connectivity index (χ4v) is 3.24. The van der Waals surface area contributed by atoms with E-state index in [4.69, 9.17) is 22.1 Å². The number of benzene rings is 1. The van der Waals surface area contributed by atoms with E-state index in [1.54, 1.807) is 0 Å². The third kappa shape index (κ3) is 5.98. The normalized spacial score (nSPS) is 17.2. The van der Waals surface area contributed by atoms with Crippen molar-refractivity contribution in [3.05, 3.63) is 34.9 Å². The first-order valence-corrected chi connectivity index (χ1v) is 8.35. The molecule has 1 aromatic carbocycles. The predicted molar refractivity (Wildman–Crippen MR) is 107 cm³/mol. The highest BCUT2D eigenvalue weighted by Crippen LogP contribution is 2.30. The van der Waals surface area contributed by atoms with E-state index in [1.807, 2.05) is 38.4 Å². The number of hydrogen-bond donors (Lipinski definition) is 2. The van der Waals surface area contributed by atoms with Gasteiger partial charge in [-0.3, -0.25) is 4.79 Å². The predicted octanol–water partition coefficient (Wildman–Crippen LogP) is 2.66. The fraction of sp³-hybridized carbons (Fsp3) is 0.588. The van der Waals surface area contributed by atoms with Gasteiger partial charge in [0.25, 0.3) is 0 Å². The molecule has 0 spiro atoms. The molecule has 1 atom stereocenters. The van der Waals surface area contributed by atoms with E-state index in [-0.39, 0.29) is 36.8 Å². The lowest BCUT2D eigenvalue weighted by Crippen LogP contribution is -2.50. The van der Waals surface area contributed by atoms with Crippen LogP contribution >= 0.6 is 36.4 Å². The van der Waals surface area contributed by atoms with Crippen molar-refractivity contribution in [3.8, 4) is 0 Å². The Labute approximate surface area is 167 Å². The first-order valence-electron chi connectivity index (χ1n) is 7.97.